The van der Waals surface area contributed by atoms with Gasteiger partial charge in [0.1, 0.15) is 18.9 Å². The van der Waals surface area contributed by atoms with Crippen LogP contribution in [0.4, 0.5) is 0 Å². The number of aldehydes is 1. The summed E-state index contributed by atoms with van der Waals surface area (Å²) in [5.41, 5.74) is -2.13. The van der Waals surface area contributed by atoms with Gasteiger partial charge in [-0.2, -0.15) is 0 Å². The number of carboxylic acids is 2. The van der Waals surface area contributed by atoms with E-state index in [1.54, 1.807) is 13.8 Å². The number of amides is 2. The summed E-state index contributed by atoms with van der Waals surface area (Å²) in [6.45, 7) is 7.22. The van der Waals surface area contributed by atoms with Gasteiger partial charge in [0.25, 0.3) is 0 Å². The van der Waals surface area contributed by atoms with Crippen molar-refractivity contribution >= 4 is 30.0 Å². The van der Waals surface area contributed by atoms with Crippen LogP contribution in [0.25, 0.3) is 0 Å². The highest BCUT2D eigenvalue weighted by Gasteiger charge is 2.44. The monoisotopic (exact) mass is 446 g/mol. The third-order valence-corrected chi connectivity index (χ3v) is 5.25. The number of rotatable bonds is 17. The lowest BCUT2D eigenvalue weighted by molar-refractivity contribution is -0.155. The van der Waals surface area contributed by atoms with Crippen LogP contribution in [0.1, 0.15) is 47.0 Å². The summed E-state index contributed by atoms with van der Waals surface area (Å²) in [5, 5.41) is 23.6. The van der Waals surface area contributed by atoms with E-state index in [-0.39, 0.29) is 52.2 Å². The van der Waals surface area contributed by atoms with Crippen molar-refractivity contribution in [3.05, 3.63) is 0 Å². The smallest absolute Gasteiger partial charge is 0.326 e. The zero-order chi connectivity index (χ0) is 24.1. The van der Waals surface area contributed by atoms with E-state index in [4.69, 9.17) is 9.47 Å². The van der Waals surface area contributed by atoms with E-state index in [0.717, 1.165) is 0 Å². The van der Waals surface area contributed by atoms with Gasteiger partial charge in [0.15, 0.2) is 0 Å². The standard InChI is InChI=1S/C20H34N2O9/c1-19(2,20(3,4)18(28)29)13-16(25)22-14(17(26)27)5-6-15(24)21-7-9-30-11-12-31-10-8-23/h8,14H,5-7,9-13H2,1-4H3,(H,21,24)(H,22,25)(H,26,27)(H,28,29). The van der Waals surface area contributed by atoms with E-state index in [2.05, 4.69) is 10.6 Å². The molecule has 4 N–H and O–H groups in total. The Bertz CT molecular complexity index is 632. The van der Waals surface area contributed by atoms with E-state index in [9.17, 15) is 34.2 Å². The summed E-state index contributed by atoms with van der Waals surface area (Å²) in [7, 11) is 0. The predicted octanol–water partition coefficient (Wildman–Crippen LogP) is 0.211. The molecule has 0 heterocycles. The van der Waals surface area contributed by atoms with Crippen LogP contribution >= 0.6 is 0 Å². The largest absolute Gasteiger partial charge is 0.481 e. The molecule has 31 heavy (non-hydrogen) atoms. The summed E-state index contributed by atoms with van der Waals surface area (Å²) < 4.78 is 10.1. The van der Waals surface area contributed by atoms with E-state index < -0.39 is 40.6 Å². The van der Waals surface area contributed by atoms with Gasteiger partial charge in [0.05, 0.1) is 25.2 Å². The van der Waals surface area contributed by atoms with Crippen LogP contribution in [0.3, 0.4) is 0 Å². The molecule has 0 aliphatic rings. The molecule has 0 saturated heterocycles. The average Bonchev–Trinajstić information content (AvgIpc) is 2.66. The first kappa shape index (κ1) is 28.5. The minimum absolute atomic E-state index is 0.00378. The average molecular weight is 446 g/mol. The summed E-state index contributed by atoms with van der Waals surface area (Å²) >= 11 is 0. The van der Waals surface area contributed by atoms with E-state index in [1.807, 2.05) is 0 Å². The Morgan fingerprint density at radius 1 is 0.968 bits per heavy atom. The molecule has 0 aromatic carbocycles. The fourth-order valence-corrected chi connectivity index (χ4v) is 2.39. The highest BCUT2D eigenvalue weighted by atomic mass is 16.5. The molecule has 1 unspecified atom stereocenters. The topological polar surface area (TPSA) is 168 Å². The van der Waals surface area contributed by atoms with Gasteiger partial charge in [-0.25, -0.2) is 4.79 Å². The number of carbonyl (C=O) groups excluding carboxylic acids is 3. The molecule has 178 valence electrons. The number of aliphatic carboxylic acids is 2. The van der Waals surface area contributed by atoms with Crippen molar-refractivity contribution in [3.63, 3.8) is 0 Å². The Balaban J connectivity index is 4.39. The Morgan fingerprint density at radius 2 is 1.58 bits per heavy atom. The van der Waals surface area contributed by atoms with Gasteiger partial charge in [-0.05, 0) is 25.7 Å². The maximum Gasteiger partial charge on any atom is 0.326 e. The molecule has 0 radical (unpaired) electrons. The minimum Gasteiger partial charge on any atom is -0.481 e. The molecule has 1 atom stereocenters. The molecular weight excluding hydrogens is 412 g/mol. The maximum absolute atomic E-state index is 12.3. The molecule has 0 rings (SSSR count). The third-order valence-electron chi connectivity index (χ3n) is 5.25. The molecule has 0 aromatic heterocycles. The van der Waals surface area contributed by atoms with Gasteiger partial charge in [0, 0.05) is 19.4 Å². The van der Waals surface area contributed by atoms with Crippen LogP contribution in [0.2, 0.25) is 0 Å². The number of ether oxygens (including phenoxy) is 2. The molecule has 0 bridgehead atoms. The summed E-state index contributed by atoms with van der Waals surface area (Å²) in [6.07, 6.45) is 0.209. The maximum atomic E-state index is 12.3. The van der Waals surface area contributed by atoms with E-state index in [0.29, 0.717) is 6.29 Å². The van der Waals surface area contributed by atoms with Gasteiger partial charge < -0.3 is 35.1 Å². The van der Waals surface area contributed by atoms with Gasteiger partial charge in [-0.15, -0.1) is 0 Å². The molecule has 0 fully saturated rings. The third kappa shape index (κ3) is 10.9. The fraction of sp³-hybridized carbons (Fsp3) is 0.750. The molecule has 0 aliphatic carbocycles. The number of nitrogens with one attached hydrogen (secondary N) is 2. The molecule has 0 saturated carbocycles. The number of carboxylic acid groups (broad SMARTS) is 2. The number of hydrogen-bond donors (Lipinski definition) is 4. The first-order valence-electron chi connectivity index (χ1n) is 9.96. The van der Waals surface area contributed by atoms with Gasteiger partial charge in [-0.3, -0.25) is 14.4 Å². The second-order valence-corrected chi connectivity index (χ2v) is 8.19. The highest BCUT2D eigenvalue weighted by molar-refractivity contribution is 5.85. The number of carbonyl (C=O) groups is 5. The van der Waals surface area contributed by atoms with Crippen LogP contribution < -0.4 is 10.6 Å². The Kier molecular flexibility index (Phi) is 12.6. The van der Waals surface area contributed by atoms with Gasteiger partial charge in [-0.1, -0.05) is 13.8 Å². The first-order valence-corrected chi connectivity index (χ1v) is 9.96. The molecule has 0 aliphatic heterocycles. The molecule has 0 spiro atoms. The van der Waals surface area contributed by atoms with Crippen molar-refractivity contribution in [1.29, 1.82) is 0 Å². The predicted molar refractivity (Wildman–Crippen MR) is 109 cm³/mol. The lowest BCUT2D eigenvalue weighted by atomic mass is 9.66. The minimum atomic E-state index is -1.28. The lowest BCUT2D eigenvalue weighted by Crippen LogP contribution is -2.46. The van der Waals surface area contributed by atoms with Crippen molar-refractivity contribution in [2.75, 3.05) is 33.0 Å². The van der Waals surface area contributed by atoms with Crippen LogP contribution in [0, 0.1) is 10.8 Å². The molecule has 2 amide bonds. The number of hydrogen-bond acceptors (Lipinski definition) is 7. The van der Waals surface area contributed by atoms with Crippen LogP contribution in [-0.4, -0.2) is 79.3 Å². The molecule has 11 nitrogen and oxygen atoms in total. The Morgan fingerprint density at radius 3 is 2.13 bits per heavy atom. The summed E-state index contributed by atoms with van der Waals surface area (Å²) in [5.74, 6) is -3.34. The normalized spacial score (nSPS) is 12.6. The summed E-state index contributed by atoms with van der Waals surface area (Å²) in [4.78, 5) is 57.1. The first-order chi connectivity index (χ1) is 14.3. The van der Waals surface area contributed by atoms with Crippen molar-refractivity contribution in [3.8, 4) is 0 Å². The SMILES string of the molecule is CC(C)(CC(=O)NC(CCC(=O)NCCOCCOCC=O)C(=O)O)C(C)(C)C(=O)O. The molecular formula is C20H34N2O9. The molecule has 11 heteroatoms. The summed E-state index contributed by atoms with van der Waals surface area (Å²) in [6, 6.07) is -1.27. The quantitative estimate of drug-likeness (QED) is 0.180. The van der Waals surface area contributed by atoms with Gasteiger partial charge in [0.2, 0.25) is 11.8 Å². The van der Waals surface area contributed by atoms with Crippen LogP contribution in [-0.2, 0) is 33.4 Å². The second-order valence-electron chi connectivity index (χ2n) is 8.19. The van der Waals surface area contributed by atoms with E-state index in [1.165, 1.54) is 13.8 Å². The molecule has 0 aromatic rings. The Labute approximate surface area is 181 Å². The van der Waals surface area contributed by atoms with Crippen LogP contribution in [0.15, 0.2) is 0 Å². The highest BCUT2D eigenvalue weighted by Crippen LogP contribution is 2.41. The van der Waals surface area contributed by atoms with Gasteiger partial charge >= 0.3 is 11.9 Å². The second kappa shape index (κ2) is 13.7. The van der Waals surface area contributed by atoms with Crippen molar-refractivity contribution < 1.29 is 43.7 Å². The van der Waals surface area contributed by atoms with E-state index >= 15 is 0 Å². The van der Waals surface area contributed by atoms with Crippen molar-refractivity contribution in [1.82, 2.24) is 10.6 Å². The van der Waals surface area contributed by atoms with Crippen molar-refractivity contribution in [2.24, 2.45) is 10.8 Å². The zero-order valence-electron chi connectivity index (χ0n) is 18.6. The van der Waals surface area contributed by atoms with Crippen molar-refractivity contribution in [2.45, 2.75) is 53.0 Å². The zero-order valence-corrected chi connectivity index (χ0v) is 18.6. The fourth-order valence-electron chi connectivity index (χ4n) is 2.39. The Hall–Kier alpha value is -2.53. The van der Waals surface area contributed by atoms with Crippen LogP contribution in [0.5, 0.6) is 0 Å². The lowest BCUT2D eigenvalue weighted by Gasteiger charge is -2.37.